The summed E-state index contributed by atoms with van der Waals surface area (Å²) in [6.07, 6.45) is 1.87. The predicted octanol–water partition coefficient (Wildman–Crippen LogP) is 6.55. The van der Waals surface area contributed by atoms with Gasteiger partial charge in [-0.25, -0.2) is 9.79 Å². The topological polar surface area (TPSA) is 69.9 Å². The Kier molecular flexibility index (Phi) is 9.37. The second-order valence-corrected chi connectivity index (χ2v) is 13.2. The van der Waals surface area contributed by atoms with Crippen molar-refractivity contribution in [3.63, 3.8) is 0 Å². The zero-order valence-electron chi connectivity index (χ0n) is 22.4. The summed E-state index contributed by atoms with van der Waals surface area (Å²) in [5, 5.41) is 0.668. The Morgan fingerprint density at radius 2 is 1.80 bits per heavy atom. The highest BCUT2D eigenvalue weighted by molar-refractivity contribution is 14.1. The Balaban J connectivity index is 1.55. The summed E-state index contributed by atoms with van der Waals surface area (Å²) in [7, 11) is 0. The largest absolute Gasteiger partial charge is 0.487 e. The molecule has 1 aromatic heterocycles. The molecule has 10 heteroatoms. The molecule has 210 valence electrons. The van der Waals surface area contributed by atoms with Crippen molar-refractivity contribution < 1.29 is 14.3 Å². The Labute approximate surface area is 273 Å². The minimum absolute atomic E-state index is 0.208. The lowest BCUT2D eigenvalue weighted by Gasteiger charge is -2.24. The van der Waals surface area contributed by atoms with E-state index in [-0.39, 0.29) is 12.2 Å². The molecule has 0 unspecified atom stereocenters. The van der Waals surface area contributed by atoms with Crippen LogP contribution >= 0.6 is 68.1 Å². The molecule has 6 nitrogen and oxygen atoms in total. The number of hydrogen-bond donors (Lipinski definition) is 0. The number of thiazole rings is 1. The quantitative estimate of drug-likeness (QED) is 0.157. The molecule has 0 saturated carbocycles. The van der Waals surface area contributed by atoms with Crippen molar-refractivity contribution >= 4 is 80.2 Å². The summed E-state index contributed by atoms with van der Waals surface area (Å²) in [6.45, 7) is 6.18. The lowest BCUT2D eigenvalue weighted by molar-refractivity contribution is -0.139. The Bertz CT molecular complexity index is 1840. The molecule has 2 heterocycles. The van der Waals surface area contributed by atoms with Gasteiger partial charge in [-0.05, 0) is 113 Å². The number of halogens is 3. The number of ether oxygens (including phenoxy) is 2. The molecule has 4 aromatic rings. The second kappa shape index (κ2) is 12.8. The molecule has 0 fully saturated rings. The first-order valence-corrected chi connectivity index (χ1v) is 16.1. The number of allylic oxidation sites excluding steroid dienone is 1. The van der Waals surface area contributed by atoms with E-state index in [2.05, 4.69) is 50.2 Å². The van der Waals surface area contributed by atoms with E-state index in [0.29, 0.717) is 32.2 Å². The van der Waals surface area contributed by atoms with E-state index in [1.807, 2.05) is 73.7 Å². The third-order valence-corrected chi connectivity index (χ3v) is 9.32. The van der Waals surface area contributed by atoms with E-state index in [1.165, 1.54) is 11.3 Å². The lowest BCUT2D eigenvalue weighted by Crippen LogP contribution is -2.39. The SMILES string of the molecule is CCOC(=O)C1=C(C)N=c2s/c(=C\c3cc(I)c(OCc4cccc(Cl)c4)c(I)c3)c(=O)n2[C@@H]1c1ccc(C)cc1. The van der Waals surface area contributed by atoms with Crippen LogP contribution in [0.5, 0.6) is 5.75 Å². The normalized spacial score (nSPS) is 15.0. The van der Waals surface area contributed by atoms with Crippen LogP contribution in [0.3, 0.4) is 0 Å². The van der Waals surface area contributed by atoms with Gasteiger partial charge in [-0.1, -0.05) is 64.9 Å². The van der Waals surface area contributed by atoms with Gasteiger partial charge < -0.3 is 9.47 Å². The number of aryl methyl sites for hydroxylation is 1. The van der Waals surface area contributed by atoms with Crippen LogP contribution in [0.15, 0.2) is 81.7 Å². The molecular weight excluding hydrogens is 786 g/mol. The monoisotopic (exact) mass is 810 g/mol. The van der Waals surface area contributed by atoms with Crippen LogP contribution in [0.2, 0.25) is 5.02 Å². The zero-order valence-corrected chi connectivity index (χ0v) is 28.3. The fraction of sp³-hybridized carbons (Fsp3) is 0.194. The van der Waals surface area contributed by atoms with Gasteiger partial charge in [0.1, 0.15) is 12.4 Å². The van der Waals surface area contributed by atoms with Crippen molar-refractivity contribution in [1.29, 1.82) is 0 Å². The predicted molar refractivity (Wildman–Crippen MR) is 179 cm³/mol. The van der Waals surface area contributed by atoms with Crippen molar-refractivity contribution in [2.45, 2.75) is 33.4 Å². The van der Waals surface area contributed by atoms with Crippen molar-refractivity contribution in [2.24, 2.45) is 4.99 Å². The molecule has 1 aliphatic heterocycles. The maximum absolute atomic E-state index is 13.9. The van der Waals surface area contributed by atoms with Crippen molar-refractivity contribution in [3.8, 4) is 5.75 Å². The number of fused-ring (bicyclic) bond motifs is 1. The maximum Gasteiger partial charge on any atom is 0.338 e. The maximum atomic E-state index is 13.9. The van der Waals surface area contributed by atoms with Gasteiger partial charge in [0.05, 0.1) is 35.6 Å². The number of carbonyl (C=O) groups is 1. The number of hydrogen-bond acceptors (Lipinski definition) is 6. The van der Waals surface area contributed by atoms with Crippen LogP contribution in [0.25, 0.3) is 6.08 Å². The molecule has 0 N–H and O–H groups in total. The first kappa shape index (κ1) is 30.0. The van der Waals surface area contributed by atoms with Gasteiger partial charge in [0.15, 0.2) is 4.80 Å². The van der Waals surface area contributed by atoms with Crippen molar-refractivity contribution in [2.75, 3.05) is 6.61 Å². The van der Waals surface area contributed by atoms with Crippen LogP contribution in [0.1, 0.15) is 42.1 Å². The highest BCUT2D eigenvalue weighted by Gasteiger charge is 2.33. The van der Waals surface area contributed by atoms with Gasteiger partial charge in [0.2, 0.25) is 0 Å². The number of nitrogens with zero attached hydrogens (tertiary/aromatic N) is 2. The average Bonchev–Trinajstić information content (AvgIpc) is 3.22. The molecule has 41 heavy (non-hydrogen) atoms. The Morgan fingerprint density at radius 1 is 1.10 bits per heavy atom. The standard InChI is InChI=1S/C31H25ClI2N2O4S/c1-4-39-30(38)26-18(3)35-31-36(27(26)21-10-8-17(2)9-11-21)29(37)25(41-31)15-20-13-23(33)28(24(34)14-20)40-16-19-6-5-7-22(32)12-19/h5-15,27H,4,16H2,1-3H3/b25-15-/t27-/m1/s1. The van der Waals surface area contributed by atoms with E-state index in [9.17, 15) is 9.59 Å². The molecule has 0 spiro atoms. The fourth-order valence-corrected chi connectivity index (χ4v) is 7.98. The molecule has 5 rings (SSSR count). The zero-order chi connectivity index (χ0) is 29.3. The third kappa shape index (κ3) is 6.47. The van der Waals surface area contributed by atoms with Gasteiger partial charge in [-0.15, -0.1) is 0 Å². The minimum Gasteiger partial charge on any atom is -0.487 e. The fourth-order valence-electron chi connectivity index (χ4n) is 4.59. The van der Waals surface area contributed by atoms with Crippen LogP contribution < -0.4 is 19.6 Å². The summed E-state index contributed by atoms with van der Waals surface area (Å²) in [5.74, 6) is 0.310. The van der Waals surface area contributed by atoms with E-state index < -0.39 is 12.0 Å². The Morgan fingerprint density at radius 3 is 2.46 bits per heavy atom. The molecule has 0 amide bonds. The summed E-state index contributed by atoms with van der Waals surface area (Å²) in [4.78, 5) is 32.2. The smallest absolute Gasteiger partial charge is 0.338 e. The number of benzene rings is 3. The number of esters is 1. The first-order valence-electron chi connectivity index (χ1n) is 12.8. The minimum atomic E-state index is -0.629. The molecule has 0 saturated heterocycles. The first-order chi connectivity index (χ1) is 19.7. The summed E-state index contributed by atoms with van der Waals surface area (Å²) in [5.41, 5.74) is 4.48. The van der Waals surface area contributed by atoms with Gasteiger partial charge in [0, 0.05) is 5.02 Å². The highest BCUT2D eigenvalue weighted by Crippen LogP contribution is 2.32. The van der Waals surface area contributed by atoms with Crippen LogP contribution in [-0.4, -0.2) is 17.1 Å². The molecular formula is C31H25ClI2N2O4S. The van der Waals surface area contributed by atoms with Gasteiger partial charge in [-0.2, -0.15) is 0 Å². The number of aromatic nitrogens is 1. The lowest BCUT2D eigenvalue weighted by atomic mass is 9.95. The van der Waals surface area contributed by atoms with Gasteiger partial charge >= 0.3 is 5.97 Å². The van der Waals surface area contributed by atoms with Crippen LogP contribution in [-0.2, 0) is 16.1 Å². The van der Waals surface area contributed by atoms with Gasteiger partial charge in [-0.3, -0.25) is 9.36 Å². The molecule has 0 aliphatic carbocycles. The van der Waals surface area contributed by atoms with E-state index >= 15 is 0 Å². The van der Waals surface area contributed by atoms with E-state index in [4.69, 9.17) is 21.1 Å². The molecule has 1 aliphatic rings. The molecule has 1 atom stereocenters. The molecule has 3 aromatic carbocycles. The molecule has 0 bridgehead atoms. The molecule has 0 radical (unpaired) electrons. The van der Waals surface area contributed by atoms with E-state index in [1.54, 1.807) is 18.4 Å². The third-order valence-electron chi connectivity index (χ3n) is 6.50. The van der Waals surface area contributed by atoms with Crippen LogP contribution in [0, 0.1) is 14.1 Å². The van der Waals surface area contributed by atoms with Gasteiger partial charge in [0.25, 0.3) is 5.56 Å². The Hall–Kier alpha value is -2.48. The summed E-state index contributed by atoms with van der Waals surface area (Å²) >= 11 is 11.9. The van der Waals surface area contributed by atoms with E-state index in [0.717, 1.165) is 35.1 Å². The number of carbonyl (C=O) groups excluding carboxylic acids is 1. The summed E-state index contributed by atoms with van der Waals surface area (Å²) in [6, 6.07) is 18.8. The second-order valence-electron chi connectivity index (χ2n) is 9.45. The average molecular weight is 811 g/mol. The number of rotatable bonds is 7. The van der Waals surface area contributed by atoms with Crippen molar-refractivity contribution in [1.82, 2.24) is 4.57 Å². The van der Waals surface area contributed by atoms with Crippen LogP contribution in [0.4, 0.5) is 0 Å². The summed E-state index contributed by atoms with van der Waals surface area (Å²) < 4.78 is 15.5. The van der Waals surface area contributed by atoms with Crippen molar-refractivity contribution in [3.05, 3.63) is 126 Å². The highest BCUT2D eigenvalue weighted by atomic mass is 127.